The number of carbonyl (C=O) groups is 1. The van der Waals surface area contributed by atoms with Crippen LogP contribution in [0.3, 0.4) is 0 Å². The molecule has 1 amide bonds. The first-order valence-electron chi connectivity index (χ1n) is 4.90. The van der Waals surface area contributed by atoms with Crippen molar-refractivity contribution in [1.29, 1.82) is 0 Å². The molecule has 0 bridgehead atoms. The van der Waals surface area contributed by atoms with Crippen LogP contribution in [0.15, 0.2) is 24.3 Å². The van der Waals surface area contributed by atoms with E-state index in [1.807, 2.05) is 31.2 Å². The van der Waals surface area contributed by atoms with Gasteiger partial charge in [-0.05, 0) is 41.1 Å². The van der Waals surface area contributed by atoms with Crippen molar-refractivity contribution in [3.05, 3.63) is 33.4 Å². The highest BCUT2D eigenvalue weighted by Crippen LogP contribution is 2.13. The van der Waals surface area contributed by atoms with Gasteiger partial charge >= 0.3 is 0 Å². The quantitative estimate of drug-likeness (QED) is 0.857. The molecule has 1 rings (SSSR count). The van der Waals surface area contributed by atoms with Gasteiger partial charge in [-0.1, -0.05) is 18.2 Å². The maximum atomic E-state index is 11.5. The minimum absolute atomic E-state index is 0.00264. The van der Waals surface area contributed by atoms with Crippen molar-refractivity contribution in [3.8, 4) is 0 Å². The standard InChI is InChI=1S/C11H15IN2O/c1-2-14(11(15)7-13)8-9-5-3-4-6-10(9)12/h3-6H,2,7-8,13H2,1H3. The summed E-state index contributed by atoms with van der Waals surface area (Å²) in [4.78, 5) is 13.2. The molecule has 0 saturated heterocycles. The van der Waals surface area contributed by atoms with Gasteiger partial charge in [0.2, 0.25) is 5.91 Å². The summed E-state index contributed by atoms with van der Waals surface area (Å²) in [7, 11) is 0. The van der Waals surface area contributed by atoms with Crippen LogP contribution in [0.5, 0.6) is 0 Å². The molecule has 3 nitrogen and oxygen atoms in total. The van der Waals surface area contributed by atoms with E-state index in [1.165, 1.54) is 9.13 Å². The van der Waals surface area contributed by atoms with Gasteiger partial charge in [-0.15, -0.1) is 0 Å². The monoisotopic (exact) mass is 318 g/mol. The molecule has 0 fully saturated rings. The van der Waals surface area contributed by atoms with Crippen molar-refractivity contribution in [2.75, 3.05) is 13.1 Å². The Bertz CT molecular complexity index is 341. The Morgan fingerprint density at radius 2 is 2.13 bits per heavy atom. The van der Waals surface area contributed by atoms with Crippen molar-refractivity contribution in [2.24, 2.45) is 5.73 Å². The number of nitrogens with zero attached hydrogens (tertiary/aromatic N) is 1. The molecular weight excluding hydrogens is 303 g/mol. The molecule has 0 saturated carbocycles. The fourth-order valence-corrected chi connectivity index (χ4v) is 1.90. The smallest absolute Gasteiger partial charge is 0.236 e. The lowest BCUT2D eigenvalue weighted by molar-refractivity contribution is -0.130. The number of amides is 1. The highest BCUT2D eigenvalue weighted by atomic mass is 127. The van der Waals surface area contributed by atoms with E-state index in [-0.39, 0.29) is 12.5 Å². The number of benzene rings is 1. The summed E-state index contributed by atoms with van der Waals surface area (Å²) in [5.74, 6) is -0.00264. The van der Waals surface area contributed by atoms with Gasteiger partial charge in [0.25, 0.3) is 0 Å². The molecule has 0 aliphatic heterocycles. The average molecular weight is 318 g/mol. The van der Waals surface area contributed by atoms with Gasteiger partial charge in [0.05, 0.1) is 6.54 Å². The number of nitrogens with two attached hydrogens (primary N) is 1. The summed E-state index contributed by atoms with van der Waals surface area (Å²) in [5, 5.41) is 0. The normalized spacial score (nSPS) is 10.1. The molecule has 2 N–H and O–H groups in total. The van der Waals surface area contributed by atoms with E-state index in [0.717, 1.165) is 0 Å². The second kappa shape index (κ2) is 6.07. The largest absolute Gasteiger partial charge is 0.338 e. The molecule has 4 heteroatoms. The molecule has 0 spiro atoms. The summed E-state index contributed by atoms with van der Waals surface area (Å²) < 4.78 is 1.18. The summed E-state index contributed by atoms with van der Waals surface area (Å²) in [6.07, 6.45) is 0. The lowest BCUT2D eigenvalue weighted by Crippen LogP contribution is -2.35. The van der Waals surface area contributed by atoms with E-state index in [4.69, 9.17) is 5.73 Å². The molecule has 1 aromatic carbocycles. The van der Waals surface area contributed by atoms with Crippen molar-refractivity contribution < 1.29 is 4.79 Å². The van der Waals surface area contributed by atoms with Crippen LogP contribution < -0.4 is 5.73 Å². The fourth-order valence-electron chi connectivity index (χ4n) is 1.34. The van der Waals surface area contributed by atoms with Crippen molar-refractivity contribution in [2.45, 2.75) is 13.5 Å². The molecule has 15 heavy (non-hydrogen) atoms. The topological polar surface area (TPSA) is 46.3 Å². The zero-order chi connectivity index (χ0) is 11.3. The Kier molecular flexibility index (Phi) is 5.04. The highest BCUT2D eigenvalue weighted by molar-refractivity contribution is 14.1. The van der Waals surface area contributed by atoms with Crippen LogP contribution >= 0.6 is 22.6 Å². The third-order valence-corrected chi connectivity index (χ3v) is 3.28. The van der Waals surface area contributed by atoms with Crippen LogP contribution in [0, 0.1) is 3.57 Å². The lowest BCUT2D eigenvalue weighted by Gasteiger charge is -2.20. The van der Waals surface area contributed by atoms with Gasteiger partial charge in [-0.2, -0.15) is 0 Å². The molecule has 0 atom stereocenters. The van der Waals surface area contributed by atoms with Crippen LogP contribution in [0.4, 0.5) is 0 Å². The highest BCUT2D eigenvalue weighted by Gasteiger charge is 2.10. The Morgan fingerprint density at radius 3 is 2.67 bits per heavy atom. The minimum Gasteiger partial charge on any atom is -0.338 e. The molecule has 0 radical (unpaired) electrons. The van der Waals surface area contributed by atoms with E-state index < -0.39 is 0 Å². The third kappa shape index (κ3) is 3.46. The third-order valence-electron chi connectivity index (χ3n) is 2.23. The van der Waals surface area contributed by atoms with Gasteiger partial charge in [-0.3, -0.25) is 4.79 Å². The van der Waals surface area contributed by atoms with E-state index in [2.05, 4.69) is 22.6 Å². The average Bonchev–Trinajstić information content (AvgIpc) is 2.27. The molecular formula is C11H15IN2O. The summed E-state index contributed by atoms with van der Waals surface area (Å²) in [6, 6.07) is 8.05. The lowest BCUT2D eigenvalue weighted by atomic mass is 10.2. The molecule has 1 aromatic rings. The van der Waals surface area contributed by atoms with Gasteiger partial charge in [0.1, 0.15) is 0 Å². The SMILES string of the molecule is CCN(Cc1ccccc1I)C(=O)CN. The molecule has 0 heterocycles. The summed E-state index contributed by atoms with van der Waals surface area (Å²) >= 11 is 2.28. The molecule has 0 aromatic heterocycles. The Labute approximate surface area is 104 Å². The Balaban J connectivity index is 2.75. The van der Waals surface area contributed by atoms with Crippen LogP contribution in [-0.2, 0) is 11.3 Å². The molecule has 0 unspecified atom stereocenters. The first kappa shape index (κ1) is 12.4. The van der Waals surface area contributed by atoms with E-state index in [0.29, 0.717) is 13.1 Å². The number of rotatable bonds is 4. The van der Waals surface area contributed by atoms with Crippen molar-refractivity contribution in [3.63, 3.8) is 0 Å². The zero-order valence-corrected chi connectivity index (χ0v) is 10.9. The van der Waals surface area contributed by atoms with E-state index in [1.54, 1.807) is 4.90 Å². The van der Waals surface area contributed by atoms with Crippen molar-refractivity contribution >= 4 is 28.5 Å². The summed E-state index contributed by atoms with van der Waals surface area (Å²) in [6.45, 7) is 3.38. The zero-order valence-electron chi connectivity index (χ0n) is 8.74. The van der Waals surface area contributed by atoms with Gasteiger partial charge in [0, 0.05) is 16.7 Å². The van der Waals surface area contributed by atoms with E-state index >= 15 is 0 Å². The number of halogens is 1. The second-order valence-corrected chi connectivity index (χ2v) is 4.37. The Morgan fingerprint density at radius 1 is 1.47 bits per heavy atom. The molecule has 0 aliphatic rings. The van der Waals surface area contributed by atoms with Crippen LogP contribution in [0.2, 0.25) is 0 Å². The van der Waals surface area contributed by atoms with Crippen LogP contribution in [0.1, 0.15) is 12.5 Å². The molecule has 82 valence electrons. The predicted molar refractivity (Wildman–Crippen MR) is 69.3 cm³/mol. The van der Waals surface area contributed by atoms with Gasteiger partial charge < -0.3 is 10.6 Å². The van der Waals surface area contributed by atoms with Crippen LogP contribution in [-0.4, -0.2) is 23.9 Å². The number of likely N-dealkylation sites (N-methyl/N-ethyl adjacent to an activating group) is 1. The minimum atomic E-state index is -0.00264. The summed E-state index contributed by atoms with van der Waals surface area (Å²) in [5.41, 5.74) is 6.52. The predicted octanol–water partition coefficient (Wildman–Crippen LogP) is 1.60. The first-order valence-corrected chi connectivity index (χ1v) is 5.98. The molecule has 0 aliphatic carbocycles. The number of hydrogen-bond donors (Lipinski definition) is 1. The maximum absolute atomic E-state index is 11.5. The number of hydrogen-bond acceptors (Lipinski definition) is 2. The second-order valence-electron chi connectivity index (χ2n) is 3.20. The van der Waals surface area contributed by atoms with Gasteiger partial charge in [-0.25, -0.2) is 0 Å². The van der Waals surface area contributed by atoms with Crippen molar-refractivity contribution in [1.82, 2.24) is 4.90 Å². The maximum Gasteiger partial charge on any atom is 0.236 e. The first-order chi connectivity index (χ1) is 7.19. The Hall–Kier alpha value is -0.620. The van der Waals surface area contributed by atoms with E-state index in [9.17, 15) is 4.79 Å². The van der Waals surface area contributed by atoms with Crippen LogP contribution in [0.25, 0.3) is 0 Å². The fraction of sp³-hybridized carbons (Fsp3) is 0.364. The van der Waals surface area contributed by atoms with Gasteiger partial charge in [0.15, 0.2) is 0 Å². The number of carbonyl (C=O) groups excluding carboxylic acids is 1.